The van der Waals surface area contributed by atoms with Gasteiger partial charge >= 0.3 is 0 Å². The van der Waals surface area contributed by atoms with Gasteiger partial charge in [-0.15, -0.1) is 0 Å². The third kappa shape index (κ3) is 2.60. The molecule has 3 aliphatic carbocycles. The molecule has 3 aliphatic rings. The monoisotopic (exact) mass is 263 g/mol. The van der Waals surface area contributed by atoms with E-state index >= 15 is 0 Å². The second-order valence-corrected chi connectivity index (χ2v) is 7.63. The lowest BCUT2D eigenvalue weighted by molar-refractivity contribution is -0.0298. The van der Waals surface area contributed by atoms with E-state index in [1.807, 2.05) is 0 Å². The Labute approximate surface area is 119 Å². The van der Waals surface area contributed by atoms with Crippen LogP contribution in [0, 0.1) is 17.3 Å². The molecule has 3 rings (SSSR count). The van der Waals surface area contributed by atoms with Gasteiger partial charge in [0.05, 0.1) is 0 Å². The van der Waals surface area contributed by atoms with Crippen LogP contribution in [0.3, 0.4) is 0 Å². The Morgan fingerprint density at radius 3 is 1.53 bits per heavy atom. The van der Waals surface area contributed by atoms with E-state index in [1.165, 1.54) is 89.9 Å². The predicted molar refractivity (Wildman–Crippen MR) is 82.0 cm³/mol. The summed E-state index contributed by atoms with van der Waals surface area (Å²) in [7, 11) is 0. The van der Waals surface area contributed by atoms with Crippen LogP contribution in [0.15, 0.2) is 0 Å². The van der Waals surface area contributed by atoms with Gasteiger partial charge in [-0.25, -0.2) is 0 Å². The quantitative estimate of drug-likeness (QED) is 0.742. The molecule has 1 atom stereocenters. The van der Waals surface area contributed by atoms with Crippen LogP contribution in [0.1, 0.15) is 89.9 Å². The zero-order chi connectivity index (χ0) is 13.1. The van der Waals surface area contributed by atoms with Gasteiger partial charge in [0.1, 0.15) is 0 Å². The van der Waals surface area contributed by atoms with E-state index in [1.54, 1.807) is 0 Å². The summed E-state index contributed by atoms with van der Waals surface area (Å²) in [6, 6.07) is 0.521. The summed E-state index contributed by atoms with van der Waals surface area (Å²) < 4.78 is 0. The van der Waals surface area contributed by atoms with Crippen LogP contribution in [0.25, 0.3) is 0 Å². The smallest absolute Gasteiger partial charge is 0.0101 e. The van der Waals surface area contributed by atoms with E-state index < -0.39 is 0 Å². The zero-order valence-electron chi connectivity index (χ0n) is 12.7. The number of hydrogen-bond acceptors (Lipinski definition) is 1. The molecule has 3 saturated carbocycles. The van der Waals surface area contributed by atoms with Gasteiger partial charge in [0.2, 0.25) is 0 Å². The molecule has 2 N–H and O–H groups in total. The molecule has 1 unspecified atom stereocenters. The summed E-state index contributed by atoms with van der Waals surface area (Å²) >= 11 is 0. The Balaban J connectivity index is 1.84. The number of nitrogens with two attached hydrogens (primary N) is 1. The Bertz CT molecular complexity index is 255. The van der Waals surface area contributed by atoms with Gasteiger partial charge in [-0.05, 0) is 55.8 Å². The number of rotatable bonds is 2. The number of hydrogen-bond donors (Lipinski definition) is 1. The molecule has 0 amide bonds. The normalized spacial score (nSPS) is 34.3. The molecule has 0 aromatic heterocycles. The van der Waals surface area contributed by atoms with Crippen LogP contribution in [0.4, 0.5) is 0 Å². The van der Waals surface area contributed by atoms with Crippen LogP contribution < -0.4 is 5.73 Å². The van der Waals surface area contributed by atoms with Crippen molar-refractivity contribution in [1.82, 2.24) is 0 Å². The maximum atomic E-state index is 6.78. The van der Waals surface area contributed by atoms with E-state index in [-0.39, 0.29) is 0 Å². The van der Waals surface area contributed by atoms with E-state index in [4.69, 9.17) is 5.73 Å². The molecule has 3 fully saturated rings. The molecule has 110 valence electrons. The molecule has 0 aromatic carbocycles. The van der Waals surface area contributed by atoms with Gasteiger partial charge in [0.25, 0.3) is 0 Å². The summed E-state index contributed by atoms with van der Waals surface area (Å²) in [4.78, 5) is 0. The highest BCUT2D eigenvalue weighted by Gasteiger charge is 2.49. The lowest BCUT2D eigenvalue weighted by Gasteiger charge is -2.55. The first kappa shape index (κ1) is 13.9. The lowest BCUT2D eigenvalue weighted by atomic mass is 9.52. The third-order valence-corrected chi connectivity index (χ3v) is 6.80. The van der Waals surface area contributed by atoms with Crippen molar-refractivity contribution in [3.63, 3.8) is 0 Å². The van der Waals surface area contributed by atoms with Gasteiger partial charge in [-0.1, -0.05) is 51.4 Å². The SMILES string of the molecule is NC1CCCCC1(C1CCCCC1)C1CCCCC1. The van der Waals surface area contributed by atoms with E-state index in [0.29, 0.717) is 11.5 Å². The average molecular weight is 263 g/mol. The highest BCUT2D eigenvalue weighted by Crippen LogP contribution is 2.55. The van der Waals surface area contributed by atoms with Crippen LogP contribution in [-0.4, -0.2) is 6.04 Å². The molecule has 0 aromatic rings. The van der Waals surface area contributed by atoms with Gasteiger partial charge < -0.3 is 5.73 Å². The lowest BCUT2D eigenvalue weighted by Crippen LogP contribution is -2.54. The first-order chi connectivity index (χ1) is 9.34. The van der Waals surface area contributed by atoms with Gasteiger partial charge in [0, 0.05) is 6.04 Å². The first-order valence-electron chi connectivity index (χ1n) is 9.09. The van der Waals surface area contributed by atoms with E-state index in [0.717, 1.165) is 11.8 Å². The molecular weight excluding hydrogens is 230 g/mol. The molecule has 0 bridgehead atoms. The van der Waals surface area contributed by atoms with Gasteiger partial charge in [-0.2, -0.15) is 0 Å². The fourth-order valence-corrected chi connectivity index (χ4v) is 5.88. The zero-order valence-corrected chi connectivity index (χ0v) is 12.7. The van der Waals surface area contributed by atoms with E-state index in [9.17, 15) is 0 Å². The largest absolute Gasteiger partial charge is 0.327 e. The molecule has 0 spiro atoms. The minimum absolute atomic E-state index is 0.521. The Kier molecular flexibility index (Phi) is 4.51. The molecule has 1 heteroatoms. The molecule has 0 heterocycles. The van der Waals surface area contributed by atoms with Crippen molar-refractivity contribution in [3.8, 4) is 0 Å². The summed E-state index contributed by atoms with van der Waals surface area (Å²) in [5.74, 6) is 1.94. The molecule has 1 nitrogen and oxygen atoms in total. The second kappa shape index (κ2) is 6.16. The summed E-state index contributed by atoms with van der Waals surface area (Å²) in [5, 5.41) is 0. The maximum absolute atomic E-state index is 6.78. The topological polar surface area (TPSA) is 26.0 Å². The standard InChI is InChI=1S/C18H33N/c19-17-13-7-8-14-18(17,15-9-3-1-4-10-15)16-11-5-2-6-12-16/h15-17H,1-14,19H2. The Morgan fingerprint density at radius 1 is 0.579 bits per heavy atom. The van der Waals surface area contributed by atoms with Gasteiger partial charge in [0.15, 0.2) is 0 Å². The first-order valence-corrected chi connectivity index (χ1v) is 9.09. The van der Waals surface area contributed by atoms with E-state index in [2.05, 4.69) is 0 Å². The molecular formula is C18H33N. The molecule has 19 heavy (non-hydrogen) atoms. The van der Waals surface area contributed by atoms with Crippen molar-refractivity contribution in [1.29, 1.82) is 0 Å². The fraction of sp³-hybridized carbons (Fsp3) is 1.00. The third-order valence-electron chi connectivity index (χ3n) is 6.80. The predicted octanol–water partition coefficient (Wildman–Crippen LogP) is 5.03. The maximum Gasteiger partial charge on any atom is 0.0101 e. The van der Waals surface area contributed by atoms with Crippen molar-refractivity contribution in [2.75, 3.05) is 0 Å². The minimum atomic E-state index is 0.521. The van der Waals surface area contributed by atoms with Crippen molar-refractivity contribution in [2.45, 2.75) is 95.9 Å². The van der Waals surface area contributed by atoms with Crippen molar-refractivity contribution < 1.29 is 0 Å². The van der Waals surface area contributed by atoms with Crippen LogP contribution in [0.2, 0.25) is 0 Å². The Hall–Kier alpha value is -0.0400. The molecule has 0 saturated heterocycles. The van der Waals surface area contributed by atoms with Crippen molar-refractivity contribution in [2.24, 2.45) is 23.0 Å². The van der Waals surface area contributed by atoms with Gasteiger partial charge in [-0.3, -0.25) is 0 Å². The van der Waals surface area contributed by atoms with Crippen LogP contribution in [-0.2, 0) is 0 Å². The molecule has 0 aliphatic heterocycles. The average Bonchev–Trinajstić information content (AvgIpc) is 2.50. The Morgan fingerprint density at radius 2 is 1.05 bits per heavy atom. The fourth-order valence-electron chi connectivity index (χ4n) is 5.88. The second-order valence-electron chi connectivity index (χ2n) is 7.63. The highest BCUT2D eigenvalue weighted by atomic mass is 14.7. The van der Waals surface area contributed by atoms with Crippen LogP contribution in [0.5, 0.6) is 0 Å². The summed E-state index contributed by atoms with van der Waals surface area (Å²) in [6.45, 7) is 0. The van der Waals surface area contributed by atoms with Crippen LogP contribution >= 0.6 is 0 Å². The van der Waals surface area contributed by atoms with Crippen molar-refractivity contribution in [3.05, 3.63) is 0 Å². The minimum Gasteiger partial charge on any atom is -0.327 e. The summed E-state index contributed by atoms with van der Waals surface area (Å²) in [6.07, 6.45) is 20.5. The molecule has 0 radical (unpaired) electrons. The highest BCUT2D eigenvalue weighted by molar-refractivity contribution is 5.02. The van der Waals surface area contributed by atoms with Crippen molar-refractivity contribution >= 4 is 0 Å². The summed E-state index contributed by atoms with van der Waals surface area (Å²) in [5.41, 5.74) is 7.33.